The molecule has 2 rings (SSSR count). The normalized spacial score (nSPS) is 21.7. The Balaban J connectivity index is 1.62. The third-order valence-corrected chi connectivity index (χ3v) is 4.51. The highest BCUT2D eigenvalue weighted by Crippen LogP contribution is 2.51. The summed E-state index contributed by atoms with van der Waals surface area (Å²) in [5.74, 6) is -0.455. The number of carbonyl (C=O) groups is 2. The van der Waals surface area contributed by atoms with Crippen molar-refractivity contribution in [3.63, 3.8) is 0 Å². The Labute approximate surface area is 143 Å². The van der Waals surface area contributed by atoms with E-state index in [9.17, 15) is 14.7 Å². The lowest BCUT2D eigenvalue weighted by Crippen LogP contribution is -2.34. The van der Waals surface area contributed by atoms with Crippen LogP contribution in [0.3, 0.4) is 0 Å². The number of hydrogen-bond donors (Lipinski definition) is 4. The Morgan fingerprint density at radius 1 is 1.38 bits per heavy atom. The molecule has 1 atom stereocenters. The topological polar surface area (TPSA) is 103 Å². The van der Waals surface area contributed by atoms with E-state index in [-0.39, 0.29) is 22.9 Å². The Hall–Kier alpha value is -2.05. The Morgan fingerprint density at radius 2 is 2.12 bits per heavy atom. The van der Waals surface area contributed by atoms with Gasteiger partial charge in [0, 0.05) is 19.0 Å². The molecule has 1 saturated carbocycles. The van der Waals surface area contributed by atoms with Gasteiger partial charge in [-0.25, -0.2) is 4.79 Å². The summed E-state index contributed by atoms with van der Waals surface area (Å²) in [6.45, 7) is 6.61. The summed E-state index contributed by atoms with van der Waals surface area (Å²) in [4.78, 5) is 27.5. The number of aliphatic carboxylic acids is 1. The zero-order valence-corrected chi connectivity index (χ0v) is 14.5. The molecule has 1 fully saturated rings. The lowest BCUT2D eigenvalue weighted by molar-refractivity contribution is -0.135. The maximum absolute atomic E-state index is 12.0. The van der Waals surface area contributed by atoms with Crippen molar-refractivity contribution in [1.82, 2.24) is 16.0 Å². The van der Waals surface area contributed by atoms with E-state index < -0.39 is 5.97 Å². The standard InChI is InChI=1S/C17H28N4O3/c1-17(2)11-12(17)14(22)21-13(15(23)24)7-5-3-4-6-8-18-16-19-9-10-20-16/h7,12H,3-6,8-11H2,1-2H3,(H,21,22)(H,23,24)(H2,18,19,20). The molecule has 1 heterocycles. The van der Waals surface area contributed by atoms with Crippen LogP contribution in [0.15, 0.2) is 16.8 Å². The quantitative estimate of drug-likeness (QED) is 0.375. The van der Waals surface area contributed by atoms with Crippen LogP contribution in [0, 0.1) is 11.3 Å². The minimum atomic E-state index is -1.08. The molecule has 1 unspecified atom stereocenters. The number of nitrogens with one attached hydrogen (secondary N) is 3. The molecule has 2 aliphatic rings. The summed E-state index contributed by atoms with van der Waals surface area (Å²) in [6.07, 6.45) is 5.97. The molecule has 0 spiro atoms. The lowest BCUT2D eigenvalue weighted by Gasteiger charge is -2.08. The van der Waals surface area contributed by atoms with Gasteiger partial charge in [-0.2, -0.15) is 0 Å². The highest BCUT2D eigenvalue weighted by atomic mass is 16.4. The van der Waals surface area contributed by atoms with Crippen molar-refractivity contribution in [2.24, 2.45) is 16.3 Å². The number of rotatable bonds is 9. The first-order valence-electron chi connectivity index (χ1n) is 8.66. The number of unbranched alkanes of at least 4 members (excludes halogenated alkanes) is 3. The second-order valence-corrected chi connectivity index (χ2v) is 7.09. The van der Waals surface area contributed by atoms with E-state index in [2.05, 4.69) is 20.9 Å². The number of amides is 1. The molecule has 0 aromatic heterocycles. The smallest absolute Gasteiger partial charge is 0.352 e. The molecular formula is C17H28N4O3. The molecule has 0 bridgehead atoms. The number of allylic oxidation sites excluding steroid dienone is 1. The average Bonchev–Trinajstić information content (AvgIpc) is 2.93. The van der Waals surface area contributed by atoms with Crippen LogP contribution in [-0.4, -0.2) is 42.6 Å². The van der Waals surface area contributed by atoms with Crippen molar-refractivity contribution in [2.45, 2.75) is 46.0 Å². The van der Waals surface area contributed by atoms with Gasteiger partial charge in [-0.3, -0.25) is 9.79 Å². The van der Waals surface area contributed by atoms with E-state index in [1.165, 1.54) is 0 Å². The van der Waals surface area contributed by atoms with Gasteiger partial charge in [0.2, 0.25) is 5.91 Å². The van der Waals surface area contributed by atoms with Crippen LogP contribution in [-0.2, 0) is 9.59 Å². The molecule has 0 aromatic rings. The van der Waals surface area contributed by atoms with Gasteiger partial charge in [0.05, 0.1) is 6.54 Å². The number of aliphatic imine (C=N–C) groups is 1. The molecular weight excluding hydrogens is 308 g/mol. The van der Waals surface area contributed by atoms with Crippen LogP contribution >= 0.6 is 0 Å². The lowest BCUT2D eigenvalue weighted by atomic mass is 10.1. The fourth-order valence-corrected chi connectivity index (χ4v) is 2.74. The number of carbonyl (C=O) groups excluding carboxylic acids is 1. The first kappa shape index (κ1) is 18.3. The molecule has 134 valence electrons. The van der Waals surface area contributed by atoms with Crippen LogP contribution in [0.2, 0.25) is 0 Å². The van der Waals surface area contributed by atoms with Gasteiger partial charge in [0.15, 0.2) is 5.96 Å². The summed E-state index contributed by atoms with van der Waals surface area (Å²) in [5, 5.41) is 18.1. The van der Waals surface area contributed by atoms with Crippen molar-refractivity contribution in [3.05, 3.63) is 11.8 Å². The first-order valence-corrected chi connectivity index (χ1v) is 8.66. The zero-order valence-electron chi connectivity index (χ0n) is 14.5. The third kappa shape index (κ3) is 5.54. The number of carboxylic acids is 1. The van der Waals surface area contributed by atoms with Crippen LogP contribution in [0.4, 0.5) is 0 Å². The molecule has 4 N–H and O–H groups in total. The van der Waals surface area contributed by atoms with Gasteiger partial charge < -0.3 is 21.1 Å². The summed E-state index contributed by atoms with van der Waals surface area (Å²) in [6, 6.07) is 0. The van der Waals surface area contributed by atoms with Crippen LogP contribution in [0.5, 0.6) is 0 Å². The summed E-state index contributed by atoms with van der Waals surface area (Å²) >= 11 is 0. The Bertz CT molecular complexity index is 540. The summed E-state index contributed by atoms with van der Waals surface area (Å²) < 4.78 is 0. The van der Waals surface area contributed by atoms with Crippen LogP contribution in [0.1, 0.15) is 46.0 Å². The van der Waals surface area contributed by atoms with Gasteiger partial charge >= 0.3 is 5.97 Å². The van der Waals surface area contributed by atoms with Crippen molar-refractivity contribution in [1.29, 1.82) is 0 Å². The molecule has 0 aromatic carbocycles. The van der Waals surface area contributed by atoms with E-state index in [1.807, 2.05) is 13.8 Å². The van der Waals surface area contributed by atoms with Gasteiger partial charge in [0.25, 0.3) is 0 Å². The average molecular weight is 336 g/mol. The summed E-state index contributed by atoms with van der Waals surface area (Å²) in [7, 11) is 0. The van der Waals surface area contributed by atoms with Gasteiger partial charge in [-0.1, -0.05) is 26.3 Å². The third-order valence-electron chi connectivity index (χ3n) is 4.51. The molecule has 7 heteroatoms. The van der Waals surface area contributed by atoms with E-state index in [0.29, 0.717) is 6.42 Å². The molecule has 24 heavy (non-hydrogen) atoms. The second kappa shape index (κ2) is 8.17. The molecule has 1 aliphatic carbocycles. The minimum Gasteiger partial charge on any atom is -0.477 e. The molecule has 0 radical (unpaired) electrons. The maximum atomic E-state index is 12.0. The Kier molecular flexibility index (Phi) is 6.23. The molecule has 1 amide bonds. The van der Waals surface area contributed by atoms with E-state index in [1.54, 1.807) is 6.08 Å². The molecule has 7 nitrogen and oxygen atoms in total. The van der Waals surface area contributed by atoms with Gasteiger partial charge in [-0.15, -0.1) is 0 Å². The largest absolute Gasteiger partial charge is 0.477 e. The van der Waals surface area contributed by atoms with Crippen LogP contribution in [0.25, 0.3) is 0 Å². The highest BCUT2D eigenvalue weighted by Gasteiger charge is 2.50. The molecule has 0 saturated heterocycles. The SMILES string of the molecule is CC1(C)CC1C(=O)NC(=CCCCCCNC1=NCCN1)C(=O)O. The highest BCUT2D eigenvalue weighted by molar-refractivity contribution is 5.94. The van der Waals surface area contributed by atoms with Crippen molar-refractivity contribution in [2.75, 3.05) is 19.6 Å². The second-order valence-electron chi connectivity index (χ2n) is 7.09. The summed E-state index contributed by atoms with van der Waals surface area (Å²) in [5.41, 5.74) is 0.00412. The minimum absolute atomic E-state index is 0.000825. The molecule has 1 aliphatic heterocycles. The number of carboxylic acid groups (broad SMARTS) is 1. The van der Waals surface area contributed by atoms with Crippen molar-refractivity contribution in [3.8, 4) is 0 Å². The van der Waals surface area contributed by atoms with E-state index in [0.717, 1.165) is 51.3 Å². The number of nitrogens with zero attached hydrogens (tertiary/aromatic N) is 1. The Morgan fingerprint density at radius 3 is 2.71 bits per heavy atom. The number of hydrogen-bond acceptors (Lipinski definition) is 5. The van der Waals surface area contributed by atoms with Gasteiger partial charge in [0.1, 0.15) is 5.70 Å². The number of guanidine groups is 1. The van der Waals surface area contributed by atoms with E-state index >= 15 is 0 Å². The first-order chi connectivity index (χ1) is 11.4. The van der Waals surface area contributed by atoms with Crippen molar-refractivity contribution >= 4 is 17.8 Å². The monoisotopic (exact) mass is 336 g/mol. The van der Waals surface area contributed by atoms with Crippen molar-refractivity contribution < 1.29 is 14.7 Å². The van der Waals surface area contributed by atoms with Gasteiger partial charge in [-0.05, 0) is 31.1 Å². The zero-order chi connectivity index (χ0) is 17.6. The predicted molar refractivity (Wildman–Crippen MR) is 92.5 cm³/mol. The van der Waals surface area contributed by atoms with E-state index in [4.69, 9.17) is 0 Å². The predicted octanol–water partition coefficient (Wildman–Crippen LogP) is 1.23. The maximum Gasteiger partial charge on any atom is 0.352 e. The fourth-order valence-electron chi connectivity index (χ4n) is 2.74. The van der Waals surface area contributed by atoms with Crippen LogP contribution < -0.4 is 16.0 Å². The fraction of sp³-hybridized carbons (Fsp3) is 0.706.